The molecular formula is C36H44AcN4O9S. The van der Waals surface area contributed by atoms with Crippen molar-refractivity contribution in [2.45, 2.75) is 82.0 Å². The van der Waals surface area contributed by atoms with E-state index in [4.69, 9.17) is 28.4 Å². The molecule has 7 rings (SSSR count). The molecule has 1 amide bonds. The number of aromatic hydroxyl groups is 1. The molecule has 51 heavy (non-hydrogen) atoms. The smallest absolute Gasteiger partial charge is 0.329 e. The number of carbonyl (C=O) groups excluding carboxylic acids is 2. The van der Waals surface area contributed by atoms with E-state index >= 15 is 0 Å². The van der Waals surface area contributed by atoms with Gasteiger partial charge < -0.3 is 38.8 Å². The first-order chi connectivity index (χ1) is 24.0. The van der Waals surface area contributed by atoms with Gasteiger partial charge >= 0.3 is 5.97 Å². The van der Waals surface area contributed by atoms with Gasteiger partial charge in [-0.15, -0.1) is 11.8 Å². The summed E-state index contributed by atoms with van der Waals surface area (Å²) in [7, 11) is 5.22. The van der Waals surface area contributed by atoms with Crippen molar-refractivity contribution in [2.75, 3.05) is 47.2 Å². The maximum atomic E-state index is 13.7. The van der Waals surface area contributed by atoms with E-state index in [2.05, 4.69) is 27.3 Å². The van der Waals surface area contributed by atoms with E-state index in [1.165, 1.54) is 11.8 Å². The number of methoxy groups -OCH3 is 2. The third kappa shape index (κ3) is 6.26. The Morgan fingerprint density at radius 3 is 2.59 bits per heavy atom. The fourth-order valence-electron chi connectivity index (χ4n) is 8.67. The molecule has 0 aliphatic carbocycles. The van der Waals surface area contributed by atoms with E-state index in [1.54, 1.807) is 21.1 Å². The molecule has 5 aliphatic rings. The van der Waals surface area contributed by atoms with Crippen LogP contribution in [0.15, 0.2) is 6.07 Å². The molecule has 2 aromatic rings. The Hall–Kier alpha value is -2.46. The van der Waals surface area contributed by atoms with Gasteiger partial charge in [-0.25, -0.2) is 4.79 Å². The number of fused-ring (bicyclic) bond motifs is 9. The largest absolute Gasteiger partial charge is 0.507 e. The fraction of sp³-hybridized carbons (Fsp3) is 0.583. The van der Waals surface area contributed by atoms with Gasteiger partial charge in [-0.3, -0.25) is 14.6 Å². The normalized spacial score (nSPS) is 27.7. The molecule has 15 heteroatoms. The van der Waals surface area contributed by atoms with Crippen LogP contribution in [0.1, 0.15) is 71.0 Å². The summed E-state index contributed by atoms with van der Waals surface area (Å²) < 4.78 is 35.7. The topological polar surface area (TPSA) is 152 Å². The standard InChI is InChI=1S/C36H44N4O9S.Ac/c1-16(2)8-24(41)38-20-13-50-35-27-26(34-32(48-15-49-34)18(4)30(27)42)23(12-46-36(20)43)40-22(11-37)21-10-19-9-17(3)31(45-7)33(47-14-44-6)25(19)28(29(35)40)39(21)5;/h9,16,20-23,28-29,35,42H,8,10,12-15H2,1-7H3,(H,38,41);/t20-,21-,22-,23-,28+,29?,35+;/m0./s1. The summed E-state index contributed by atoms with van der Waals surface area (Å²) in [6.45, 7) is 7.52. The van der Waals surface area contributed by atoms with Crippen LogP contribution in [0.3, 0.4) is 0 Å². The Labute approximate surface area is 338 Å². The Balaban J connectivity index is 0.00000448. The predicted octanol–water partition coefficient (Wildman–Crippen LogP) is 3.82. The summed E-state index contributed by atoms with van der Waals surface area (Å²) in [6.07, 6.45) is 0.833. The van der Waals surface area contributed by atoms with Crippen LogP contribution in [0.5, 0.6) is 28.7 Å². The number of carbonyl (C=O) groups is 2. The summed E-state index contributed by atoms with van der Waals surface area (Å²) in [4.78, 5) is 31.1. The molecule has 271 valence electrons. The van der Waals surface area contributed by atoms with Gasteiger partial charge in [-0.2, -0.15) is 5.26 Å². The molecule has 0 aromatic heterocycles. The van der Waals surface area contributed by atoms with Crippen LogP contribution < -0.4 is 24.3 Å². The van der Waals surface area contributed by atoms with Crippen LogP contribution in [0.4, 0.5) is 0 Å². The number of phenolic OH excluding ortho intramolecular Hbond substituents is 1. The second-order valence-corrected chi connectivity index (χ2v) is 15.2. The molecule has 0 spiro atoms. The predicted molar refractivity (Wildman–Crippen MR) is 183 cm³/mol. The van der Waals surface area contributed by atoms with E-state index in [1.807, 2.05) is 27.8 Å². The van der Waals surface area contributed by atoms with Crippen LogP contribution >= 0.6 is 11.8 Å². The molecule has 2 saturated heterocycles. The van der Waals surface area contributed by atoms with Gasteiger partial charge in [-0.05, 0) is 44.4 Å². The van der Waals surface area contributed by atoms with Crippen LogP contribution in [0.2, 0.25) is 0 Å². The Kier molecular flexibility index (Phi) is 11.3. The molecule has 5 heterocycles. The van der Waals surface area contributed by atoms with Crippen molar-refractivity contribution in [3.8, 4) is 34.8 Å². The summed E-state index contributed by atoms with van der Waals surface area (Å²) >= 11 is 1.45. The molecule has 7 atom stereocenters. The molecular weight excluding hydrogens is 891 g/mol. The van der Waals surface area contributed by atoms with E-state index in [0.29, 0.717) is 46.1 Å². The minimum Gasteiger partial charge on any atom is -0.507 e. The number of ether oxygens (including phenoxy) is 6. The summed E-state index contributed by atoms with van der Waals surface area (Å²) in [5.41, 5.74) is 4.75. The second-order valence-electron chi connectivity index (χ2n) is 14.1. The minimum atomic E-state index is -0.914. The zero-order valence-electron chi connectivity index (χ0n) is 30.0. The summed E-state index contributed by atoms with van der Waals surface area (Å²) in [5, 5.41) is 25.5. The van der Waals surface area contributed by atoms with E-state index in [-0.39, 0.29) is 106 Å². The van der Waals surface area contributed by atoms with Crippen LogP contribution in [-0.2, 0) is 25.5 Å². The van der Waals surface area contributed by atoms with E-state index in [9.17, 15) is 20.0 Å². The molecule has 2 N–H and O–H groups in total. The van der Waals surface area contributed by atoms with Crippen molar-refractivity contribution in [1.29, 1.82) is 5.26 Å². The molecule has 1 unspecified atom stereocenters. The van der Waals surface area contributed by atoms with E-state index < -0.39 is 35.4 Å². The van der Waals surface area contributed by atoms with Gasteiger partial charge in [0.05, 0.1) is 30.5 Å². The molecule has 2 aromatic carbocycles. The van der Waals surface area contributed by atoms with Crippen molar-refractivity contribution in [3.05, 3.63) is 39.4 Å². The fourth-order valence-corrected chi connectivity index (χ4v) is 10.2. The number of phenols is 1. The van der Waals surface area contributed by atoms with Gasteiger partial charge in [0, 0.05) is 97.7 Å². The number of rotatable bonds is 7. The van der Waals surface area contributed by atoms with Gasteiger partial charge in [0.1, 0.15) is 24.4 Å². The average Bonchev–Trinajstić information content (AvgIpc) is 3.57. The van der Waals surface area contributed by atoms with Crippen molar-refractivity contribution in [3.63, 3.8) is 0 Å². The monoisotopic (exact) mass is 935 g/mol. The first kappa shape index (κ1) is 38.3. The molecule has 1 radical (unpaired) electrons. The Morgan fingerprint density at radius 1 is 1.16 bits per heavy atom. The Bertz CT molecular complexity index is 1770. The first-order valence-electron chi connectivity index (χ1n) is 17.0. The van der Waals surface area contributed by atoms with Crippen molar-refractivity contribution in [2.24, 2.45) is 5.92 Å². The van der Waals surface area contributed by atoms with Crippen molar-refractivity contribution >= 4 is 23.6 Å². The molecule has 5 aliphatic heterocycles. The number of benzene rings is 2. The number of nitriles is 1. The number of nitrogens with zero attached hydrogens (tertiary/aromatic N) is 3. The van der Waals surface area contributed by atoms with Crippen LogP contribution in [0.25, 0.3) is 0 Å². The number of likely N-dealkylation sites (N-methyl/N-ethyl adjacent to an activating group) is 1. The number of cyclic esters (lactones) is 1. The summed E-state index contributed by atoms with van der Waals surface area (Å²) in [6, 6.07) is 1.52. The number of piperazine rings is 1. The van der Waals surface area contributed by atoms with Gasteiger partial charge in [0.2, 0.25) is 12.7 Å². The maximum Gasteiger partial charge on any atom is 0.329 e. The molecule has 13 nitrogen and oxygen atoms in total. The molecule has 4 bridgehead atoms. The second kappa shape index (κ2) is 15.1. The third-order valence-corrected chi connectivity index (χ3v) is 12.1. The number of amides is 1. The maximum absolute atomic E-state index is 13.7. The molecule has 0 saturated carbocycles. The van der Waals surface area contributed by atoms with Crippen LogP contribution in [-0.4, -0.2) is 98.2 Å². The summed E-state index contributed by atoms with van der Waals surface area (Å²) in [5.74, 6) is 1.68. The first-order valence-corrected chi connectivity index (χ1v) is 18.0. The average molecular weight is 936 g/mol. The number of nitrogens with one attached hydrogen (secondary N) is 1. The van der Waals surface area contributed by atoms with E-state index in [0.717, 1.165) is 16.7 Å². The Morgan fingerprint density at radius 2 is 1.90 bits per heavy atom. The number of thioether (sulfide) groups is 1. The van der Waals surface area contributed by atoms with Crippen molar-refractivity contribution < 1.29 is 87.2 Å². The number of hydrogen-bond acceptors (Lipinski definition) is 13. The van der Waals surface area contributed by atoms with Gasteiger partial charge in [0.15, 0.2) is 29.8 Å². The van der Waals surface area contributed by atoms with Gasteiger partial charge in [0.25, 0.3) is 0 Å². The van der Waals surface area contributed by atoms with Crippen LogP contribution in [0, 0.1) is 75.2 Å². The zero-order chi connectivity index (χ0) is 35.6. The SMILES string of the molecule is COCOc1c(OC)c(C)cc2c1[C@@H]1C3[C@@H]4SC[C@H](NC(=O)CC(C)C)C(=O)OC[C@@H](c5c6c(c(C)c(O)c54)OCO6)N3[C@@H](C#N)[C@H](C2)N1C.[Ac]. The van der Waals surface area contributed by atoms with Crippen molar-refractivity contribution in [1.82, 2.24) is 15.1 Å². The third-order valence-electron chi connectivity index (χ3n) is 10.7. The number of esters is 1. The quantitative estimate of drug-likeness (QED) is 0.306. The zero-order valence-corrected chi connectivity index (χ0v) is 35.5. The molecule has 2 fully saturated rings. The van der Waals surface area contributed by atoms with Gasteiger partial charge in [-0.1, -0.05) is 19.9 Å². The minimum absolute atomic E-state index is 0. The number of hydrogen-bond donors (Lipinski definition) is 2. The number of aryl methyl sites for hydroxylation is 1.